The van der Waals surface area contributed by atoms with Crippen molar-refractivity contribution in [3.8, 4) is 0 Å². The Morgan fingerprint density at radius 1 is 1.31 bits per heavy atom. The van der Waals surface area contributed by atoms with Crippen LogP contribution in [-0.4, -0.2) is 20.6 Å². The van der Waals surface area contributed by atoms with Crippen molar-refractivity contribution >= 4 is 5.65 Å². The topological polar surface area (TPSA) is 56.2 Å². The van der Waals surface area contributed by atoms with Gasteiger partial charge in [-0.25, -0.2) is 9.50 Å². The lowest BCUT2D eigenvalue weighted by atomic mass is 10.2. The van der Waals surface area contributed by atoms with E-state index in [9.17, 15) is 0 Å². The molecule has 0 saturated carbocycles. The molecular formula is C12H18N4. The summed E-state index contributed by atoms with van der Waals surface area (Å²) in [6.45, 7) is 6.19. The quantitative estimate of drug-likeness (QED) is 0.853. The minimum Gasteiger partial charge on any atom is -0.328 e. The Labute approximate surface area is 95.5 Å². The smallest absolute Gasteiger partial charge is 0.155 e. The van der Waals surface area contributed by atoms with Gasteiger partial charge in [-0.15, -0.1) is 0 Å². The van der Waals surface area contributed by atoms with Crippen LogP contribution in [0.1, 0.15) is 38.2 Å². The Bertz CT molecular complexity index is 485. The van der Waals surface area contributed by atoms with E-state index in [-0.39, 0.29) is 6.04 Å². The van der Waals surface area contributed by atoms with Crippen LogP contribution in [0.4, 0.5) is 0 Å². The lowest BCUT2D eigenvalue weighted by Crippen LogP contribution is -2.19. The van der Waals surface area contributed by atoms with Crippen molar-refractivity contribution in [2.75, 3.05) is 0 Å². The minimum atomic E-state index is 0.136. The molecule has 0 fully saturated rings. The maximum absolute atomic E-state index is 5.82. The molecule has 2 aromatic heterocycles. The van der Waals surface area contributed by atoms with Crippen LogP contribution in [-0.2, 0) is 6.42 Å². The summed E-state index contributed by atoms with van der Waals surface area (Å²) in [6, 6.07) is 6.17. The highest BCUT2D eigenvalue weighted by atomic mass is 15.3. The van der Waals surface area contributed by atoms with E-state index in [0.717, 1.165) is 23.6 Å². The van der Waals surface area contributed by atoms with Gasteiger partial charge in [-0.2, -0.15) is 5.10 Å². The molecule has 2 N–H and O–H groups in total. The van der Waals surface area contributed by atoms with Crippen molar-refractivity contribution in [1.82, 2.24) is 14.6 Å². The summed E-state index contributed by atoms with van der Waals surface area (Å²) < 4.78 is 1.90. The van der Waals surface area contributed by atoms with Gasteiger partial charge >= 0.3 is 0 Å². The van der Waals surface area contributed by atoms with E-state index in [0.29, 0.717) is 5.92 Å². The molecule has 1 unspecified atom stereocenters. The van der Waals surface area contributed by atoms with Gasteiger partial charge in [-0.05, 0) is 19.1 Å². The second-order valence-corrected chi connectivity index (χ2v) is 4.59. The fraction of sp³-hybridized carbons (Fsp3) is 0.500. The van der Waals surface area contributed by atoms with Crippen LogP contribution in [0.5, 0.6) is 0 Å². The average molecular weight is 218 g/mol. The van der Waals surface area contributed by atoms with E-state index in [1.807, 2.05) is 23.6 Å². The summed E-state index contributed by atoms with van der Waals surface area (Å²) >= 11 is 0. The number of pyridine rings is 1. The second-order valence-electron chi connectivity index (χ2n) is 4.59. The predicted molar refractivity (Wildman–Crippen MR) is 64.4 cm³/mol. The zero-order valence-corrected chi connectivity index (χ0v) is 10.0. The summed E-state index contributed by atoms with van der Waals surface area (Å²) in [7, 11) is 0. The van der Waals surface area contributed by atoms with Crippen LogP contribution in [0.3, 0.4) is 0 Å². The SMILES string of the molecule is CC(N)Cc1cccc2nc(C(C)C)nn12. The third-order valence-corrected chi connectivity index (χ3v) is 2.50. The summed E-state index contributed by atoms with van der Waals surface area (Å²) in [5.41, 5.74) is 7.84. The van der Waals surface area contributed by atoms with Gasteiger partial charge < -0.3 is 5.73 Å². The molecule has 0 amide bonds. The molecule has 2 heterocycles. The number of hydrogen-bond donors (Lipinski definition) is 1. The monoisotopic (exact) mass is 218 g/mol. The lowest BCUT2D eigenvalue weighted by molar-refractivity contribution is 0.687. The molecule has 0 aliphatic carbocycles. The molecule has 0 aliphatic heterocycles. The van der Waals surface area contributed by atoms with E-state index < -0.39 is 0 Å². The van der Waals surface area contributed by atoms with Gasteiger partial charge in [0.05, 0.1) is 0 Å². The van der Waals surface area contributed by atoms with Crippen LogP contribution in [0.2, 0.25) is 0 Å². The normalized spacial score (nSPS) is 13.6. The molecular weight excluding hydrogens is 200 g/mol. The Hall–Kier alpha value is -1.42. The molecule has 2 rings (SSSR count). The van der Waals surface area contributed by atoms with Gasteiger partial charge in [-0.3, -0.25) is 0 Å². The van der Waals surface area contributed by atoms with Gasteiger partial charge in [0.25, 0.3) is 0 Å². The first-order valence-electron chi connectivity index (χ1n) is 5.68. The predicted octanol–water partition coefficient (Wildman–Crippen LogP) is 1.74. The van der Waals surface area contributed by atoms with E-state index in [1.54, 1.807) is 0 Å². The maximum atomic E-state index is 5.82. The minimum absolute atomic E-state index is 0.136. The van der Waals surface area contributed by atoms with Crippen LogP contribution < -0.4 is 5.73 Å². The number of rotatable bonds is 3. The number of nitrogens with two attached hydrogens (primary N) is 1. The van der Waals surface area contributed by atoms with Crippen molar-refractivity contribution in [3.05, 3.63) is 29.7 Å². The fourth-order valence-electron chi connectivity index (χ4n) is 1.70. The molecule has 0 saturated heterocycles. The van der Waals surface area contributed by atoms with E-state index in [1.165, 1.54) is 0 Å². The number of aromatic nitrogens is 3. The number of fused-ring (bicyclic) bond motifs is 1. The summed E-state index contributed by atoms with van der Waals surface area (Å²) in [5.74, 6) is 1.24. The molecule has 16 heavy (non-hydrogen) atoms. The molecule has 0 aromatic carbocycles. The van der Waals surface area contributed by atoms with Gasteiger partial charge in [-0.1, -0.05) is 19.9 Å². The molecule has 86 valence electrons. The van der Waals surface area contributed by atoms with Crippen molar-refractivity contribution in [3.63, 3.8) is 0 Å². The van der Waals surface area contributed by atoms with Gasteiger partial charge in [0, 0.05) is 24.1 Å². The highest BCUT2D eigenvalue weighted by Gasteiger charge is 2.10. The Morgan fingerprint density at radius 2 is 2.06 bits per heavy atom. The highest BCUT2D eigenvalue weighted by Crippen LogP contribution is 2.13. The Morgan fingerprint density at radius 3 is 2.69 bits per heavy atom. The first-order chi connectivity index (χ1) is 7.58. The summed E-state index contributed by atoms with van der Waals surface area (Å²) in [5, 5.41) is 4.52. The lowest BCUT2D eigenvalue weighted by Gasteiger charge is -2.06. The first kappa shape index (κ1) is 11.1. The fourth-order valence-corrected chi connectivity index (χ4v) is 1.70. The third-order valence-electron chi connectivity index (χ3n) is 2.50. The average Bonchev–Trinajstić information content (AvgIpc) is 2.61. The van der Waals surface area contributed by atoms with Gasteiger partial charge in [0.1, 0.15) is 0 Å². The van der Waals surface area contributed by atoms with Gasteiger partial charge in [0.15, 0.2) is 11.5 Å². The van der Waals surface area contributed by atoms with E-state index in [4.69, 9.17) is 5.73 Å². The zero-order chi connectivity index (χ0) is 11.7. The molecule has 4 nitrogen and oxygen atoms in total. The van der Waals surface area contributed by atoms with Crippen LogP contribution in [0, 0.1) is 0 Å². The highest BCUT2D eigenvalue weighted by molar-refractivity contribution is 5.39. The summed E-state index contributed by atoms with van der Waals surface area (Å²) in [6.07, 6.45) is 0.818. The number of nitrogens with zero attached hydrogens (tertiary/aromatic N) is 3. The molecule has 0 aliphatic rings. The van der Waals surface area contributed by atoms with E-state index >= 15 is 0 Å². The molecule has 0 spiro atoms. The summed E-state index contributed by atoms with van der Waals surface area (Å²) in [4.78, 5) is 4.49. The van der Waals surface area contributed by atoms with Crippen LogP contribution in [0.15, 0.2) is 18.2 Å². The van der Waals surface area contributed by atoms with Crippen molar-refractivity contribution in [2.45, 2.75) is 39.2 Å². The standard InChI is InChI=1S/C12H18N4/c1-8(2)12-14-11-6-4-5-10(7-9(3)13)16(11)15-12/h4-6,8-9H,7,13H2,1-3H3. The molecule has 1 atom stereocenters. The maximum Gasteiger partial charge on any atom is 0.155 e. The largest absolute Gasteiger partial charge is 0.328 e. The zero-order valence-electron chi connectivity index (χ0n) is 10.0. The van der Waals surface area contributed by atoms with E-state index in [2.05, 4.69) is 30.0 Å². The van der Waals surface area contributed by atoms with Crippen molar-refractivity contribution < 1.29 is 0 Å². The number of hydrogen-bond acceptors (Lipinski definition) is 3. The Balaban J connectivity index is 2.50. The molecule has 4 heteroatoms. The van der Waals surface area contributed by atoms with Crippen molar-refractivity contribution in [1.29, 1.82) is 0 Å². The molecule has 0 bridgehead atoms. The van der Waals surface area contributed by atoms with Gasteiger partial charge in [0.2, 0.25) is 0 Å². The van der Waals surface area contributed by atoms with Crippen LogP contribution >= 0.6 is 0 Å². The first-order valence-corrected chi connectivity index (χ1v) is 5.68. The second kappa shape index (κ2) is 4.22. The van der Waals surface area contributed by atoms with Crippen LogP contribution in [0.25, 0.3) is 5.65 Å². The Kier molecular flexibility index (Phi) is 2.92. The third kappa shape index (κ3) is 2.07. The molecule has 0 radical (unpaired) electrons. The molecule has 2 aromatic rings. The van der Waals surface area contributed by atoms with Crippen molar-refractivity contribution in [2.24, 2.45) is 5.73 Å².